The average molecular weight is 230 g/mol. The van der Waals surface area contributed by atoms with Gasteiger partial charge in [-0.25, -0.2) is 9.07 Å². The molecule has 0 bridgehead atoms. The van der Waals surface area contributed by atoms with Gasteiger partial charge in [-0.2, -0.15) is 5.10 Å². The van der Waals surface area contributed by atoms with Gasteiger partial charge in [0.05, 0.1) is 17.0 Å². The van der Waals surface area contributed by atoms with Crippen molar-refractivity contribution in [1.82, 2.24) is 9.78 Å². The van der Waals surface area contributed by atoms with Crippen LogP contribution in [0.15, 0.2) is 24.3 Å². The Bertz CT molecular complexity index is 616. The van der Waals surface area contributed by atoms with Gasteiger partial charge in [0.15, 0.2) is 5.78 Å². The van der Waals surface area contributed by atoms with Crippen molar-refractivity contribution in [2.45, 2.75) is 19.8 Å². The normalized spacial score (nSPS) is 14.1. The number of hydrogen-bond acceptors (Lipinski definition) is 2. The van der Waals surface area contributed by atoms with E-state index < -0.39 is 0 Å². The van der Waals surface area contributed by atoms with Crippen LogP contribution in [0.25, 0.3) is 5.69 Å². The van der Waals surface area contributed by atoms with Crippen LogP contribution in [0.1, 0.15) is 28.2 Å². The van der Waals surface area contributed by atoms with Crippen molar-refractivity contribution >= 4 is 5.78 Å². The van der Waals surface area contributed by atoms with Crippen LogP contribution in [0, 0.1) is 12.7 Å². The van der Waals surface area contributed by atoms with Crippen LogP contribution < -0.4 is 0 Å². The molecule has 0 unspecified atom stereocenters. The Balaban J connectivity index is 2.24. The van der Waals surface area contributed by atoms with Gasteiger partial charge in [0, 0.05) is 6.42 Å². The van der Waals surface area contributed by atoms with Crippen LogP contribution in [0.4, 0.5) is 4.39 Å². The van der Waals surface area contributed by atoms with E-state index in [1.165, 1.54) is 6.07 Å². The monoisotopic (exact) mass is 230 g/mol. The molecular formula is C13H11FN2O. The minimum atomic E-state index is -0.322. The molecule has 0 saturated heterocycles. The Hall–Kier alpha value is -1.97. The summed E-state index contributed by atoms with van der Waals surface area (Å²) in [7, 11) is 0. The molecule has 0 aliphatic heterocycles. The summed E-state index contributed by atoms with van der Waals surface area (Å²) in [6.45, 7) is 1.79. The molecule has 0 radical (unpaired) electrons. The summed E-state index contributed by atoms with van der Waals surface area (Å²) in [6, 6.07) is 6.47. The molecule has 4 heteroatoms. The molecule has 0 fully saturated rings. The van der Waals surface area contributed by atoms with Crippen molar-refractivity contribution in [2.75, 3.05) is 0 Å². The number of rotatable bonds is 1. The van der Waals surface area contributed by atoms with Crippen molar-refractivity contribution in [3.63, 3.8) is 0 Å². The van der Waals surface area contributed by atoms with E-state index in [0.29, 0.717) is 29.8 Å². The number of hydrogen-bond donors (Lipinski definition) is 0. The molecule has 0 N–H and O–H groups in total. The van der Waals surface area contributed by atoms with Crippen LogP contribution >= 0.6 is 0 Å². The van der Waals surface area contributed by atoms with Crippen LogP contribution in [0.2, 0.25) is 0 Å². The SMILES string of the molecule is Cc1nn(-c2ccccc2F)c2c1C(=O)CC2. The molecule has 1 aliphatic carbocycles. The maximum atomic E-state index is 13.7. The fourth-order valence-corrected chi connectivity index (χ4v) is 2.35. The van der Waals surface area contributed by atoms with Crippen molar-refractivity contribution in [1.29, 1.82) is 0 Å². The van der Waals surface area contributed by atoms with Gasteiger partial charge in [-0.05, 0) is 25.5 Å². The lowest BCUT2D eigenvalue weighted by Crippen LogP contribution is -2.03. The fraction of sp³-hybridized carbons (Fsp3) is 0.231. The molecule has 1 aromatic carbocycles. The number of para-hydroxylation sites is 1. The first kappa shape index (κ1) is 10.2. The smallest absolute Gasteiger partial charge is 0.166 e. The molecule has 2 aromatic rings. The van der Waals surface area contributed by atoms with E-state index >= 15 is 0 Å². The van der Waals surface area contributed by atoms with E-state index in [9.17, 15) is 9.18 Å². The highest BCUT2D eigenvalue weighted by molar-refractivity contribution is 6.01. The van der Waals surface area contributed by atoms with Gasteiger partial charge in [-0.1, -0.05) is 12.1 Å². The number of nitrogens with zero attached hydrogens (tertiary/aromatic N) is 2. The van der Waals surface area contributed by atoms with Crippen LogP contribution in [-0.4, -0.2) is 15.6 Å². The van der Waals surface area contributed by atoms with Crippen LogP contribution in [0.3, 0.4) is 0 Å². The highest BCUT2D eigenvalue weighted by Crippen LogP contribution is 2.27. The summed E-state index contributed by atoms with van der Waals surface area (Å²) >= 11 is 0. The minimum absolute atomic E-state index is 0.111. The van der Waals surface area contributed by atoms with E-state index in [4.69, 9.17) is 0 Å². The molecule has 1 aliphatic rings. The number of ketones is 1. The largest absolute Gasteiger partial charge is 0.294 e. The Labute approximate surface area is 97.9 Å². The Morgan fingerprint density at radius 1 is 1.29 bits per heavy atom. The molecule has 0 spiro atoms. The second-order valence-electron chi connectivity index (χ2n) is 4.19. The molecule has 3 nitrogen and oxygen atoms in total. The summed E-state index contributed by atoms with van der Waals surface area (Å²) in [6.07, 6.45) is 1.14. The van der Waals surface area contributed by atoms with Crippen molar-refractivity contribution < 1.29 is 9.18 Å². The Morgan fingerprint density at radius 3 is 2.82 bits per heavy atom. The van der Waals surface area contributed by atoms with E-state index in [1.54, 1.807) is 29.8 Å². The standard InChI is InChI=1S/C13H11FN2O/c1-8-13-11(6-7-12(13)17)16(15-8)10-5-3-2-4-9(10)14/h2-5H,6-7H2,1H3. The summed E-state index contributed by atoms with van der Waals surface area (Å²) < 4.78 is 15.3. The van der Waals surface area contributed by atoms with Gasteiger partial charge < -0.3 is 0 Å². The zero-order valence-electron chi connectivity index (χ0n) is 9.40. The molecule has 86 valence electrons. The maximum absolute atomic E-state index is 13.7. The Morgan fingerprint density at radius 2 is 2.06 bits per heavy atom. The zero-order valence-corrected chi connectivity index (χ0v) is 9.40. The van der Waals surface area contributed by atoms with Crippen LogP contribution in [0.5, 0.6) is 0 Å². The molecular weight excluding hydrogens is 219 g/mol. The van der Waals surface area contributed by atoms with Gasteiger partial charge >= 0.3 is 0 Å². The van der Waals surface area contributed by atoms with Crippen LogP contribution in [-0.2, 0) is 6.42 Å². The molecule has 1 aromatic heterocycles. The molecule has 3 rings (SSSR count). The molecule has 1 heterocycles. The van der Waals surface area contributed by atoms with Crippen molar-refractivity contribution in [2.24, 2.45) is 0 Å². The summed E-state index contributed by atoms with van der Waals surface area (Å²) in [5.41, 5.74) is 2.60. The van der Waals surface area contributed by atoms with Gasteiger partial charge in [0.2, 0.25) is 0 Å². The molecule has 0 saturated carbocycles. The summed E-state index contributed by atoms with van der Waals surface area (Å²) in [5.74, 6) is -0.211. The van der Waals surface area contributed by atoms with Gasteiger partial charge in [0.1, 0.15) is 11.5 Å². The van der Waals surface area contributed by atoms with Crippen molar-refractivity contribution in [3.8, 4) is 5.69 Å². The third kappa shape index (κ3) is 1.40. The van der Waals surface area contributed by atoms with E-state index in [1.807, 2.05) is 0 Å². The number of fused-ring (bicyclic) bond motifs is 1. The predicted molar refractivity (Wildman–Crippen MR) is 60.9 cm³/mol. The minimum Gasteiger partial charge on any atom is -0.294 e. The predicted octanol–water partition coefficient (Wildman–Crippen LogP) is 2.45. The third-order valence-electron chi connectivity index (χ3n) is 3.10. The second kappa shape index (κ2) is 3.52. The maximum Gasteiger partial charge on any atom is 0.166 e. The number of carbonyl (C=O) groups excluding carboxylic acids is 1. The molecule has 0 atom stereocenters. The number of carbonyl (C=O) groups is 1. The number of Topliss-reactive ketones (excluding diaryl/α,β-unsaturated/α-hetero) is 1. The Kier molecular flexibility index (Phi) is 2.11. The van der Waals surface area contributed by atoms with E-state index in [0.717, 1.165) is 5.69 Å². The fourth-order valence-electron chi connectivity index (χ4n) is 2.35. The number of benzene rings is 1. The number of halogens is 1. The number of aromatic nitrogens is 2. The first-order valence-electron chi connectivity index (χ1n) is 5.55. The third-order valence-corrected chi connectivity index (χ3v) is 3.10. The first-order valence-corrected chi connectivity index (χ1v) is 5.55. The topological polar surface area (TPSA) is 34.9 Å². The number of aryl methyl sites for hydroxylation is 1. The summed E-state index contributed by atoms with van der Waals surface area (Å²) in [5, 5.41) is 4.27. The lowest BCUT2D eigenvalue weighted by Gasteiger charge is -2.05. The average Bonchev–Trinajstić information content (AvgIpc) is 2.83. The first-order chi connectivity index (χ1) is 8.18. The summed E-state index contributed by atoms with van der Waals surface area (Å²) in [4.78, 5) is 11.7. The van der Waals surface area contributed by atoms with E-state index in [-0.39, 0.29) is 11.6 Å². The van der Waals surface area contributed by atoms with E-state index in [2.05, 4.69) is 5.10 Å². The highest BCUT2D eigenvalue weighted by Gasteiger charge is 2.28. The van der Waals surface area contributed by atoms with Gasteiger partial charge in [0.25, 0.3) is 0 Å². The highest BCUT2D eigenvalue weighted by atomic mass is 19.1. The van der Waals surface area contributed by atoms with Gasteiger partial charge in [-0.3, -0.25) is 4.79 Å². The molecule has 0 amide bonds. The second-order valence-corrected chi connectivity index (χ2v) is 4.19. The lowest BCUT2D eigenvalue weighted by molar-refractivity contribution is 0.0994. The zero-order chi connectivity index (χ0) is 12.0. The van der Waals surface area contributed by atoms with Crippen molar-refractivity contribution in [3.05, 3.63) is 47.0 Å². The van der Waals surface area contributed by atoms with Gasteiger partial charge in [-0.15, -0.1) is 0 Å². The quantitative estimate of drug-likeness (QED) is 0.754. The lowest BCUT2D eigenvalue weighted by atomic mass is 10.2. The molecule has 17 heavy (non-hydrogen) atoms.